The Labute approximate surface area is 266 Å². The van der Waals surface area contributed by atoms with Gasteiger partial charge in [-0.2, -0.15) is 0 Å². The second-order valence-electron chi connectivity index (χ2n) is 10.8. The van der Waals surface area contributed by atoms with Crippen molar-refractivity contribution >= 4 is 43.5 Å². The first-order valence-corrected chi connectivity index (χ1v) is 16.4. The first-order chi connectivity index (χ1) is 21.0. The summed E-state index contributed by atoms with van der Waals surface area (Å²) >= 11 is 3.42. The molecule has 0 aliphatic carbocycles. The second kappa shape index (κ2) is 14.6. The summed E-state index contributed by atoms with van der Waals surface area (Å²) in [5.74, 6) is -1.84. The van der Waals surface area contributed by atoms with E-state index >= 15 is 4.39 Å². The Kier molecular flexibility index (Phi) is 10.9. The van der Waals surface area contributed by atoms with Crippen LogP contribution in [0.3, 0.4) is 0 Å². The molecule has 2 amide bonds. The summed E-state index contributed by atoms with van der Waals surface area (Å²) in [5, 5.41) is 2.92. The molecule has 4 aromatic carbocycles. The number of aryl methyl sites for hydroxylation is 1. The predicted molar refractivity (Wildman–Crippen MR) is 174 cm³/mol. The van der Waals surface area contributed by atoms with Gasteiger partial charge in [-0.3, -0.25) is 13.9 Å². The zero-order chi connectivity index (χ0) is 31.9. The van der Waals surface area contributed by atoms with Gasteiger partial charge in [0.05, 0.1) is 10.6 Å². The Hall–Kier alpha value is -4.02. The summed E-state index contributed by atoms with van der Waals surface area (Å²) < 4.78 is 44.8. The molecule has 0 bridgehead atoms. The summed E-state index contributed by atoms with van der Waals surface area (Å²) in [4.78, 5) is 29.4. The lowest BCUT2D eigenvalue weighted by atomic mass is 10.0. The van der Waals surface area contributed by atoms with Crippen LogP contribution in [0.25, 0.3) is 0 Å². The Morgan fingerprint density at radius 3 is 2.07 bits per heavy atom. The largest absolute Gasteiger partial charge is 0.352 e. The highest BCUT2D eigenvalue weighted by atomic mass is 79.9. The molecule has 1 atom stereocenters. The van der Waals surface area contributed by atoms with Crippen molar-refractivity contribution in [2.45, 2.75) is 50.7 Å². The molecule has 230 valence electrons. The molecule has 0 heterocycles. The van der Waals surface area contributed by atoms with Gasteiger partial charge in [0.2, 0.25) is 11.8 Å². The van der Waals surface area contributed by atoms with Gasteiger partial charge in [-0.1, -0.05) is 88.2 Å². The molecule has 7 nitrogen and oxygen atoms in total. The fourth-order valence-corrected chi connectivity index (χ4v) is 6.41. The molecular formula is C34H35BrFN3O4S. The van der Waals surface area contributed by atoms with Crippen molar-refractivity contribution in [1.82, 2.24) is 10.2 Å². The van der Waals surface area contributed by atoms with Gasteiger partial charge >= 0.3 is 0 Å². The van der Waals surface area contributed by atoms with E-state index in [2.05, 4.69) is 21.2 Å². The number of nitrogens with one attached hydrogen (secondary N) is 1. The highest BCUT2D eigenvalue weighted by Gasteiger charge is 2.35. The zero-order valence-electron chi connectivity index (χ0n) is 24.8. The molecule has 0 fully saturated rings. The van der Waals surface area contributed by atoms with Gasteiger partial charge in [-0.25, -0.2) is 12.8 Å². The number of sulfonamides is 1. The molecular weight excluding hydrogens is 645 g/mol. The van der Waals surface area contributed by atoms with Crippen LogP contribution < -0.4 is 9.62 Å². The quantitative estimate of drug-likeness (QED) is 0.192. The number of hydrogen-bond donors (Lipinski definition) is 1. The van der Waals surface area contributed by atoms with Crippen LogP contribution in [-0.2, 0) is 32.6 Å². The van der Waals surface area contributed by atoms with Crippen LogP contribution in [0.1, 0.15) is 30.5 Å². The third-order valence-electron chi connectivity index (χ3n) is 6.98. The summed E-state index contributed by atoms with van der Waals surface area (Å²) in [6, 6.07) is 26.9. The average Bonchev–Trinajstić information content (AvgIpc) is 2.99. The van der Waals surface area contributed by atoms with Crippen molar-refractivity contribution in [2.75, 3.05) is 10.8 Å². The molecule has 0 aliphatic rings. The van der Waals surface area contributed by atoms with E-state index in [9.17, 15) is 18.0 Å². The molecule has 1 N–H and O–H groups in total. The molecule has 0 aliphatic heterocycles. The van der Waals surface area contributed by atoms with E-state index < -0.39 is 34.3 Å². The van der Waals surface area contributed by atoms with Crippen LogP contribution in [0.15, 0.2) is 112 Å². The Balaban J connectivity index is 1.81. The second-order valence-corrected chi connectivity index (χ2v) is 13.6. The third-order valence-corrected chi connectivity index (χ3v) is 9.28. The lowest BCUT2D eigenvalue weighted by Crippen LogP contribution is -2.54. The number of anilines is 1. The Morgan fingerprint density at radius 1 is 0.841 bits per heavy atom. The summed E-state index contributed by atoms with van der Waals surface area (Å²) in [6.45, 7) is 4.77. The summed E-state index contributed by atoms with van der Waals surface area (Å²) in [5.41, 5.74) is 2.13. The first-order valence-electron chi connectivity index (χ1n) is 14.2. The van der Waals surface area contributed by atoms with Gasteiger partial charge in [-0.15, -0.1) is 0 Å². The molecule has 4 aromatic rings. The van der Waals surface area contributed by atoms with E-state index in [1.807, 2.05) is 75.4 Å². The number of nitrogens with zero attached hydrogens (tertiary/aromatic N) is 2. The predicted octanol–water partition coefficient (Wildman–Crippen LogP) is 6.26. The van der Waals surface area contributed by atoms with Gasteiger partial charge in [0, 0.05) is 23.5 Å². The fourth-order valence-electron chi connectivity index (χ4n) is 4.73. The number of benzene rings is 4. The minimum Gasteiger partial charge on any atom is -0.352 e. The van der Waals surface area contributed by atoms with E-state index in [1.54, 1.807) is 12.1 Å². The molecule has 0 saturated heterocycles. The molecule has 0 unspecified atom stereocenters. The zero-order valence-corrected chi connectivity index (χ0v) is 27.2. The van der Waals surface area contributed by atoms with E-state index in [0.717, 1.165) is 31.5 Å². The average molecular weight is 681 g/mol. The summed E-state index contributed by atoms with van der Waals surface area (Å²) in [6.07, 6.45) is 0.187. The van der Waals surface area contributed by atoms with Crippen molar-refractivity contribution in [3.63, 3.8) is 0 Å². The fraction of sp³-hybridized carbons (Fsp3) is 0.235. The van der Waals surface area contributed by atoms with Crippen molar-refractivity contribution in [2.24, 2.45) is 0 Å². The maximum Gasteiger partial charge on any atom is 0.264 e. The molecule has 0 radical (unpaired) electrons. The lowest BCUT2D eigenvalue weighted by molar-refractivity contribution is -0.140. The Morgan fingerprint density at radius 2 is 1.45 bits per heavy atom. The van der Waals surface area contributed by atoms with E-state index in [4.69, 9.17) is 0 Å². The number of carbonyl (C=O) groups excluding carboxylic acids is 2. The molecule has 0 saturated carbocycles. The van der Waals surface area contributed by atoms with Crippen LogP contribution in [0.5, 0.6) is 0 Å². The monoisotopic (exact) mass is 679 g/mol. The van der Waals surface area contributed by atoms with Crippen LogP contribution in [0, 0.1) is 12.7 Å². The minimum atomic E-state index is -4.39. The lowest BCUT2D eigenvalue weighted by Gasteiger charge is -2.34. The van der Waals surface area contributed by atoms with Gasteiger partial charge in [-0.05, 0) is 68.3 Å². The van der Waals surface area contributed by atoms with Crippen molar-refractivity contribution < 1.29 is 22.4 Å². The maximum atomic E-state index is 15.2. The van der Waals surface area contributed by atoms with Crippen molar-refractivity contribution in [3.8, 4) is 0 Å². The van der Waals surface area contributed by atoms with Gasteiger partial charge in [0.1, 0.15) is 18.4 Å². The van der Waals surface area contributed by atoms with Crippen molar-refractivity contribution in [1.29, 1.82) is 0 Å². The Bertz CT molecular complexity index is 1680. The maximum absolute atomic E-state index is 15.2. The topological polar surface area (TPSA) is 86.8 Å². The number of halogens is 2. The third kappa shape index (κ3) is 8.33. The highest BCUT2D eigenvalue weighted by Crippen LogP contribution is 2.27. The van der Waals surface area contributed by atoms with Crippen molar-refractivity contribution in [3.05, 3.63) is 130 Å². The molecule has 0 aromatic heterocycles. The minimum absolute atomic E-state index is 0.0187. The molecule has 4 rings (SSSR count). The van der Waals surface area contributed by atoms with E-state index in [0.29, 0.717) is 0 Å². The summed E-state index contributed by atoms with van der Waals surface area (Å²) in [7, 11) is -4.39. The standard InChI is InChI=1S/C34H35BrFN3O4S/c1-24(2)37-34(41)32(21-26-9-5-4-6-10-26)38(22-27-15-17-28(35)18-16-27)33(40)23-39(31-12-8-7-11-30(31)36)44(42,43)29-19-13-25(3)14-20-29/h4-20,24,32H,21-23H2,1-3H3,(H,37,41)/t32-/m1/s1. The number of carbonyl (C=O) groups is 2. The van der Waals surface area contributed by atoms with E-state index in [1.165, 1.54) is 35.2 Å². The van der Waals surface area contributed by atoms with Crippen LogP contribution >= 0.6 is 15.9 Å². The number of hydrogen-bond acceptors (Lipinski definition) is 4. The first kappa shape index (κ1) is 32.9. The smallest absolute Gasteiger partial charge is 0.264 e. The SMILES string of the molecule is Cc1ccc(S(=O)(=O)N(CC(=O)N(Cc2ccc(Br)cc2)[C@H](Cc2ccccc2)C(=O)NC(C)C)c2ccccc2F)cc1. The van der Waals surface area contributed by atoms with Crippen LogP contribution in [0.2, 0.25) is 0 Å². The number of amides is 2. The van der Waals surface area contributed by atoms with Gasteiger partial charge < -0.3 is 10.2 Å². The number of para-hydroxylation sites is 1. The number of rotatable bonds is 12. The van der Waals surface area contributed by atoms with Crippen LogP contribution in [0.4, 0.5) is 10.1 Å². The normalized spacial score (nSPS) is 12.0. The molecule has 10 heteroatoms. The van der Waals surface area contributed by atoms with Crippen LogP contribution in [-0.4, -0.2) is 43.8 Å². The molecule has 44 heavy (non-hydrogen) atoms. The van der Waals surface area contributed by atoms with Gasteiger partial charge in [0.25, 0.3) is 10.0 Å². The molecule has 0 spiro atoms. The van der Waals surface area contributed by atoms with E-state index in [-0.39, 0.29) is 35.5 Å². The highest BCUT2D eigenvalue weighted by molar-refractivity contribution is 9.10. The van der Waals surface area contributed by atoms with Gasteiger partial charge in [0.15, 0.2) is 0 Å².